The largest absolute Gasteiger partial charge is 0.481 e. The van der Waals surface area contributed by atoms with E-state index in [1.807, 2.05) is 0 Å². The van der Waals surface area contributed by atoms with Crippen molar-refractivity contribution >= 4 is 69.1 Å². The van der Waals surface area contributed by atoms with Crippen molar-refractivity contribution in [3.8, 4) is 0 Å². The summed E-state index contributed by atoms with van der Waals surface area (Å²) in [5.74, 6) is -1.17. The van der Waals surface area contributed by atoms with Crippen LogP contribution in [0.1, 0.15) is 123 Å². The molecule has 1 aliphatic rings. The van der Waals surface area contributed by atoms with Gasteiger partial charge < -0.3 is 50.9 Å². The number of fused-ring (bicyclic) bond motifs is 1. The molecule has 27 nitrogen and oxygen atoms in total. The highest BCUT2D eigenvalue weighted by atomic mass is 32.2. The number of nitrogens with one attached hydrogen (secondary N) is 2. The van der Waals surface area contributed by atoms with Gasteiger partial charge in [0.1, 0.15) is 36.3 Å². The summed E-state index contributed by atoms with van der Waals surface area (Å²) < 4.78 is 62.4. The molecule has 1 fully saturated rings. The van der Waals surface area contributed by atoms with Gasteiger partial charge in [-0.1, -0.05) is 83.9 Å². The summed E-state index contributed by atoms with van der Waals surface area (Å²) in [6.07, 6.45) is 6.99. The maximum atomic E-state index is 12.7. The van der Waals surface area contributed by atoms with Gasteiger partial charge in [-0.05, 0) is 31.8 Å². The smallest absolute Gasteiger partial charge is 0.386 e. The number of unbranched alkanes of at least 4 members (excludes halogenated alkanes) is 10. The molecule has 0 radical (unpaired) electrons. The first-order valence-electron chi connectivity index (χ1n) is 22.7. The second kappa shape index (κ2) is 29.4. The van der Waals surface area contributed by atoms with Crippen LogP contribution in [-0.4, -0.2) is 128 Å². The van der Waals surface area contributed by atoms with Crippen molar-refractivity contribution < 1.29 is 85.4 Å². The molecular formula is C39H67N8O19P3S. The first-order valence-corrected chi connectivity index (χ1v) is 28.2. The van der Waals surface area contributed by atoms with Crippen molar-refractivity contribution in [1.82, 2.24) is 30.2 Å². The molecule has 1 saturated heterocycles. The van der Waals surface area contributed by atoms with E-state index in [1.165, 1.54) is 33.1 Å². The Morgan fingerprint density at radius 1 is 0.943 bits per heavy atom. The Kier molecular flexibility index (Phi) is 25.6. The molecule has 31 heteroatoms. The van der Waals surface area contributed by atoms with Gasteiger partial charge in [-0.2, -0.15) is 4.31 Å². The van der Waals surface area contributed by atoms with Gasteiger partial charge in [-0.15, -0.1) is 0 Å². The van der Waals surface area contributed by atoms with Crippen LogP contribution in [0.15, 0.2) is 24.4 Å². The zero-order valence-corrected chi connectivity index (χ0v) is 42.8. The molecule has 7 unspecified atom stereocenters. The van der Waals surface area contributed by atoms with Crippen LogP contribution in [0.25, 0.3) is 11.2 Å². The van der Waals surface area contributed by atoms with E-state index < -0.39 is 84.6 Å². The van der Waals surface area contributed by atoms with Crippen molar-refractivity contribution in [2.24, 2.45) is 5.41 Å². The summed E-state index contributed by atoms with van der Waals surface area (Å²) in [4.78, 5) is 99.5. The molecule has 70 heavy (non-hydrogen) atoms. The number of ether oxygens (including phenoxy) is 1. The Morgan fingerprint density at radius 3 is 2.26 bits per heavy atom. The third-order valence-electron chi connectivity index (χ3n) is 10.8. The van der Waals surface area contributed by atoms with E-state index >= 15 is 0 Å². The lowest BCUT2D eigenvalue weighted by atomic mass is 9.87. The average Bonchev–Trinajstić information content (AvgIpc) is 3.84. The number of carbonyl (C=O) groups is 3. The number of hydrogen-bond acceptors (Lipinski definition) is 20. The molecule has 1 aliphatic heterocycles. The zero-order chi connectivity index (χ0) is 52.1. The summed E-state index contributed by atoms with van der Waals surface area (Å²) in [7, 11) is -16.5. The molecule has 0 saturated carbocycles. The quantitative estimate of drug-likeness (QED) is 0.0201. The van der Waals surface area contributed by atoms with Crippen molar-refractivity contribution in [2.75, 3.05) is 37.8 Å². The van der Waals surface area contributed by atoms with Gasteiger partial charge in [0.05, 0.1) is 24.5 Å². The summed E-state index contributed by atoms with van der Waals surface area (Å²) in [6, 6.07) is 0. The number of nitrogens with two attached hydrogens (primary N) is 1. The van der Waals surface area contributed by atoms with Gasteiger partial charge in [0.15, 0.2) is 22.8 Å². The second-order valence-electron chi connectivity index (χ2n) is 17.1. The fourth-order valence-electron chi connectivity index (χ4n) is 6.93. The number of phosphoric ester groups is 3. The minimum absolute atomic E-state index is 0.0238. The first-order chi connectivity index (χ1) is 32.9. The summed E-state index contributed by atoms with van der Waals surface area (Å²) >= 11 is 1.08. The number of thioether (sulfide) groups is 1. The number of aliphatic hydroxyl groups is 2. The fraction of sp³-hybridized carbons (Fsp3) is 0.744. The number of imidazole rings is 1. The molecule has 2 amide bonds. The maximum Gasteiger partial charge on any atom is 0.481 e. The third kappa shape index (κ3) is 21.8. The topological polar surface area (TPSA) is 407 Å². The van der Waals surface area contributed by atoms with Gasteiger partial charge in [0, 0.05) is 43.5 Å². The third-order valence-corrected chi connectivity index (χ3v) is 14.8. The molecule has 7 atom stereocenters. The highest BCUT2D eigenvalue weighted by Gasteiger charge is 2.50. The van der Waals surface area contributed by atoms with Crippen LogP contribution in [0, 0.1) is 15.5 Å². The molecular weight excluding hydrogens is 1010 g/mol. The van der Waals surface area contributed by atoms with E-state index in [0.29, 0.717) is 25.0 Å². The summed E-state index contributed by atoms with van der Waals surface area (Å²) in [5.41, 5.74) is 4.52. The van der Waals surface area contributed by atoms with Crippen molar-refractivity contribution in [1.29, 1.82) is 0 Å². The van der Waals surface area contributed by atoms with Crippen LogP contribution >= 0.6 is 35.2 Å². The Morgan fingerprint density at radius 2 is 1.59 bits per heavy atom. The van der Waals surface area contributed by atoms with Crippen LogP contribution in [0.2, 0.25) is 0 Å². The number of hydrogen-bond donors (Lipinski definition) is 9. The van der Waals surface area contributed by atoms with Crippen LogP contribution in [0.3, 0.4) is 0 Å². The summed E-state index contributed by atoms with van der Waals surface area (Å²) in [6.45, 7) is 2.57. The minimum Gasteiger partial charge on any atom is -0.386 e. The number of carbonyl (C=O) groups excluding carboxylic acids is 3. The molecule has 3 heterocycles. The molecule has 10 N–H and O–H groups in total. The SMILES string of the molecule is CCCCCCCC/C=C(/CCCCCCCC(=O)SCCNC(=O)CCNC(=O)C(O)C(C)(C)COP(=O)(O)OP(=O)(O)OCC1OC(n2cnc3c(N)ncnc32)C(O)C1OP(=O)(O)O)[N+](=O)[O-]. The fourth-order valence-corrected chi connectivity index (χ4v) is 10.5. The number of aromatic nitrogens is 4. The van der Waals surface area contributed by atoms with Crippen LogP contribution in [-0.2, 0) is 50.7 Å². The number of phosphoric acid groups is 3. The predicted molar refractivity (Wildman–Crippen MR) is 252 cm³/mol. The van der Waals surface area contributed by atoms with Crippen LogP contribution in [0.4, 0.5) is 5.82 Å². The monoisotopic (exact) mass is 1080 g/mol. The average molecular weight is 1080 g/mol. The lowest BCUT2D eigenvalue weighted by Crippen LogP contribution is -2.46. The van der Waals surface area contributed by atoms with Gasteiger partial charge >= 0.3 is 23.5 Å². The Balaban J connectivity index is 1.31. The number of aliphatic hydroxyl groups excluding tert-OH is 2. The molecule has 0 bridgehead atoms. The molecule has 398 valence electrons. The Hall–Kier alpha value is -3.30. The minimum atomic E-state index is -5.59. The molecule has 0 aromatic carbocycles. The number of anilines is 1. The molecule has 0 spiro atoms. The number of allylic oxidation sites excluding steroid dienone is 2. The van der Waals surface area contributed by atoms with E-state index in [0.717, 1.165) is 80.4 Å². The van der Waals surface area contributed by atoms with Crippen molar-refractivity contribution in [2.45, 2.75) is 148 Å². The van der Waals surface area contributed by atoms with E-state index in [1.54, 1.807) is 6.08 Å². The summed E-state index contributed by atoms with van der Waals surface area (Å²) in [5, 5.41) is 37.9. The van der Waals surface area contributed by atoms with E-state index in [9.17, 15) is 68.0 Å². The van der Waals surface area contributed by atoms with E-state index in [4.69, 9.17) is 19.5 Å². The zero-order valence-electron chi connectivity index (χ0n) is 39.3. The maximum absolute atomic E-state index is 12.7. The lowest BCUT2D eigenvalue weighted by molar-refractivity contribution is -0.428. The lowest BCUT2D eigenvalue weighted by Gasteiger charge is -2.30. The number of nitrogen functional groups attached to an aromatic ring is 1. The van der Waals surface area contributed by atoms with Gasteiger partial charge in [-0.25, -0.2) is 28.6 Å². The Bertz CT molecular complexity index is 2200. The first kappa shape index (κ1) is 61.0. The van der Waals surface area contributed by atoms with Gasteiger partial charge in [0.25, 0.3) is 0 Å². The number of nitrogens with zero attached hydrogens (tertiary/aromatic N) is 5. The molecule has 2 aromatic heterocycles. The predicted octanol–water partition coefficient (Wildman–Crippen LogP) is 4.31. The molecule has 0 aliphatic carbocycles. The molecule has 2 aromatic rings. The van der Waals surface area contributed by atoms with Gasteiger partial charge in [0.2, 0.25) is 17.5 Å². The Labute approximate surface area is 409 Å². The number of nitro groups is 1. The normalized spacial score (nSPS) is 19.9. The highest BCUT2D eigenvalue weighted by Crippen LogP contribution is 2.61. The van der Waals surface area contributed by atoms with E-state index in [2.05, 4.69) is 41.3 Å². The van der Waals surface area contributed by atoms with E-state index in [-0.39, 0.29) is 52.2 Å². The number of rotatable bonds is 35. The van der Waals surface area contributed by atoms with Crippen LogP contribution in [0.5, 0.6) is 0 Å². The van der Waals surface area contributed by atoms with Crippen molar-refractivity contribution in [3.63, 3.8) is 0 Å². The standard InChI is InChI=1S/C39H67N8O19P3S/c1-4-5-6-7-8-10-13-16-27(47(53)54)17-14-11-9-12-15-18-30(49)70-22-21-41-29(48)19-20-42-37(52)34(51)39(2,3)24-63-69(60,61)66-68(58,59)62-23-28-33(65-67(55,56)57)32(50)38(64-28)46-26-45-31-35(40)43-25-44-36(31)46/h16,25-26,28,32-34,38,50-51H,4-15,17-24H2,1-3H3,(H,41,48)(H,42,52)(H,58,59)(H,60,61)(H2,40,43,44)(H2,55,56,57)/b27-16-. The second-order valence-corrected chi connectivity index (χ2v) is 22.5. The van der Waals surface area contributed by atoms with Gasteiger partial charge in [-0.3, -0.25) is 42.6 Å². The molecule has 3 rings (SSSR count). The van der Waals surface area contributed by atoms with Crippen LogP contribution < -0.4 is 16.4 Å². The highest BCUT2D eigenvalue weighted by molar-refractivity contribution is 8.13. The number of amides is 2. The van der Waals surface area contributed by atoms with Crippen molar-refractivity contribution in [3.05, 3.63) is 34.5 Å².